The lowest BCUT2D eigenvalue weighted by Gasteiger charge is -2.12. The molecule has 0 atom stereocenters. The highest BCUT2D eigenvalue weighted by Gasteiger charge is 2.16. The topological polar surface area (TPSA) is 82.3 Å². The van der Waals surface area contributed by atoms with Crippen LogP contribution in [-0.2, 0) is 29.2 Å². The molecule has 0 aliphatic carbocycles. The van der Waals surface area contributed by atoms with E-state index in [9.17, 15) is 14.4 Å². The highest BCUT2D eigenvalue weighted by molar-refractivity contribution is 7.17. The second kappa shape index (κ2) is 8.51. The summed E-state index contributed by atoms with van der Waals surface area (Å²) in [6.45, 7) is 0.511. The summed E-state index contributed by atoms with van der Waals surface area (Å²) in [6.07, 6.45) is 0. The Balaban J connectivity index is 1.84. The van der Waals surface area contributed by atoms with E-state index in [2.05, 4.69) is 5.32 Å². The van der Waals surface area contributed by atoms with E-state index < -0.39 is 5.69 Å². The van der Waals surface area contributed by atoms with Crippen LogP contribution in [0, 0.1) is 0 Å². The van der Waals surface area contributed by atoms with Gasteiger partial charge in [0.25, 0.3) is 5.56 Å². The Kier molecular flexibility index (Phi) is 6.10. The summed E-state index contributed by atoms with van der Waals surface area (Å²) in [5.74, 6) is -0.323. The SMILES string of the molecule is COCCn1c(=O)c2sccc2n(CC(=O)NCc2ccc(Cl)cc2)c1=O. The van der Waals surface area contributed by atoms with Gasteiger partial charge in [-0.15, -0.1) is 11.3 Å². The maximum Gasteiger partial charge on any atom is 0.332 e. The highest BCUT2D eigenvalue weighted by Crippen LogP contribution is 2.15. The minimum absolute atomic E-state index is 0.133. The average Bonchev–Trinajstić information content (AvgIpc) is 3.14. The lowest BCUT2D eigenvalue weighted by Crippen LogP contribution is -2.42. The number of rotatable bonds is 7. The maximum atomic E-state index is 12.7. The zero-order valence-corrected chi connectivity index (χ0v) is 16.2. The van der Waals surface area contributed by atoms with Crippen molar-refractivity contribution in [2.75, 3.05) is 13.7 Å². The fourth-order valence-corrected chi connectivity index (χ4v) is 3.64. The Hall–Kier alpha value is -2.42. The Morgan fingerprint density at radius 3 is 2.63 bits per heavy atom. The normalized spacial score (nSPS) is 11.0. The molecule has 3 rings (SSSR count). The number of aromatic nitrogens is 2. The molecular weight excluding hydrogens is 390 g/mol. The van der Waals surface area contributed by atoms with Crippen molar-refractivity contribution in [3.63, 3.8) is 0 Å². The Morgan fingerprint density at radius 2 is 1.93 bits per heavy atom. The van der Waals surface area contributed by atoms with Gasteiger partial charge in [0.15, 0.2) is 0 Å². The van der Waals surface area contributed by atoms with Crippen molar-refractivity contribution in [2.45, 2.75) is 19.6 Å². The molecule has 0 aliphatic rings. The molecule has 9 heteroatoms. The van der Waals surface area contributed by atoms with Crippen molar-refractivity contribution >= 4 is 39.1 Å². The van der Waals surface area contributed by atoms with Gasteiger partial charge in [-0.2, -0.15) is 0 Å². The van der Waals surface area contributed by atoms with Gasteiger partial charge < -0.3 is 10.1 Å². The minimum Gasteiger partial charge on any atom is -0.383 e. The van der Waals surface area contributed by atoms with Crippen LogP contribution in [0.15, 0.2) is 45.3 Å². The standard InChI is InChI=1S/C18H18ClN3O4S/c1-26-8-7-21-17(24)16-14(6-9-27-16)22(18(21)25)11-15(23)20-10-12-2-4-13(19)5-3-12/h2-6,9H,7-8,10-11H2,1H3,(H,20,23). The molecule has 7 nitrogen and oxygen atoms in total. The quantitative estimate of drug-likeness (QED) is 0.648. The van der Waals surface area contributed by atoms with Crippen LogP contribution in [0.1, 0.15) is 5.56 Å². The number of fused-ring (bicyclic) bond motifs is 1. The first-order valence-corrected chi connectivity index (χ1v) is 9.48. The zero-order chi connectivity index (χ0) is 19.4. The molecule has 0 unspecified atom stereocenters. The third kappa shape index (κ3) is 4.29. The fourth-order valence-electron chi connectivity index (χ4n) is 2.67. The monoisotopic (exact) mass is 407 g/mol. The van der Waals surface area contributed by atoms with Crippen molar-refractivity contribution < 1.29 is 9.53 Å². The number of methoxy groups -OCH3 is 1. The number of nitrogens with zero attached hydrogens (tertiary/aromatic N) is 2. The molecule has 0 radical (unpaired) electrons. The summed E-state index contributed by atoms with van der Waals surface area (Å²) >= 11 is 7.09. The van der Waals surface area contributed by atoms with Gasteiger partial charge in [-0.3, -0.25) is 18.7 Å². The van der Waals surface area contributed by atoms with Gasteiger partial charge in [0.1, 0.15) is 11.2 Å². The molecule has 0 fully saturated rings. The number of thiophene rings is 1. The van der Waals surface area contributed by atoms with E-state index >= 15 is 0 Å². The molecule has 2 heterocycles. The average molecular weight is 408 g/mol. The first kappa shape index (κ1) is 19.3. The molecule has 3 aromatic rings. The molecule has 1 N–H and O–H groups in total. The van der Waals surface area contributed by atoms with Crippen LogP contribution in [0.4, 0.5) is 0 Å². The van der Waals surface area contributed by atoms with Crippen molar-refractivity contribution in [3.8, 4) is 0 Å². The van der Waals surface area contributed by atoms with Crippen LogP contribution in [0.3, 0.4) is 0 Å². The molecule has 2 aromatic heterocycles. The molecule has 27 heavy (non-hydrogen) atoms. The molecule has 0 bridgehead atoms. The van der Waals surface area contributed by atoms with Gasteiger partial charge >= 0.3 is 5.69 Å². The second-order valence-electron chi connectivity index (χ2n) is 5.86. The Bertz CT molecular complexity index is 1070. The predicted molar refractivity (Wildman–Crippen MR) is 106 cm³/mol. The van der Waals surface area contributed by atoms with Crippen LogP contribution in [0.5, 0.6) is 0 Å². The number of ether oxygens (including phenoxy) is 1. The van der Waals surface area contributed by atoms with Crippen molar-refractivity contribution in [3.05, 3.63) is 67.1 Å². The molecule has 1 aromatic carbocycles. The first-order chi connectivity index (χ1) is 13.0. The zero-order valence-electron chi connectivity index (χ0n) is 14.6. The molecule has 1 amide bonds. The van der Waals surface area contributed by atoms with E-state index in [1.807, 2.05) is 12.1 Å². The van der Waals surface area contributed by atoms with E-state index in [-0.39, 0.29) is 31.2 Å². The van der Waals surface area contributed by atoms with Crippen molar-refractivity contribution in [1.29, 1.82) is 0 Å². The number of halogens is 1. The Labute approximate surface area is 163 Å². The van der Waals surface area contributed by atoms with Gasteiger partial charge in [0.2, 0.25) is 5.91 Å². The molecule has 0 aliphatic heterocycles. The molecule has 0 saturated heterocycles. The number of hydrogen-bond acceptors (Lipinski definition) is 5. The predicted octanol–water partition coefficient (Wildman–Crippen LogP) is 1.84. The van der Waals surface area contributed by atoms with Crippen LogP contribution in [0.2, 0.25) is 5.02 Å². The van der Waals surface area contributed by atoms with E-state index in [0.29, 0.717) is 21.8 Å². The van der Waals surface area contributed by atoms with Crippen LogP contribution < -0.4 is 16.6 Å². The number of hydrogen-bond donors (Lipinski definition) is 1. The van der Waals surface area contributed by atoms with Gasteiger partial charge in [-0.1, -0.05) is 23.7 Å². The highest BCUT2D eigenvalue weighted by atomic mass is 35.5. The van der Waals surface area contributed by atoms with Gasteiger partial charge in [-0.25, -0.2) is 4.79 Å². The van der Waals surface area contributed by atoms with E-state index in [4.69, 9.17) is 16.3 Å². The number of benzene rings is 1. The summed E-state index contributed by atoms with van der Waals surface area (Å²) in [6, 6.07) is 8.80. The summed E-state index contributed by atoms with van der Waals surface area (Å²) in [4.78, 5) is 37.6. The smallest absolute Gasteiger partial charge is 0.332 e. The first-order valence-electron chi connectivity index (χ1n) is 8.22. The van der Waals surface area contributed by atoms with Crippen LogP contribution in [-0.4, -0.2) is 28.8 Å². The molecule has 142 valence electrons. The summed E-state index contributed by atoms with van der Waals surface area (Å²) in [5.41, 5.74) is 0.473. The second-order valence-corrected chi connectivity index (χ2v) is 7.21. The summed E-state index contributed by atoms with van der Waals surface area (Å²) < 4.78 is 7.84. The fraction of sp³-hybridized carbons (Fsp3) is 0.278. The Morgan fingerprint density at radius 1 is 1.19 bits per heavy atom. The minimum atomic E-state index is -0.524. The van der Waals surface area contributed by atoms with Gasteiger partial charge in [-0.05, 0) is 29.1 Å². The van der Waals surface area contributed by atoms with Gasteiger partial charge in [0.05, 0.1) is 18.7 Å². The van der Waals surface area contributed by atoms with E-state index in [1.54, 1.807) is 23.6 Å². The van der Waals surface area contributed by atoms with Crippen LogP contribution in [0.25, 0.3) is 10.2 Å². The molecular formula is C18H18ClN3O4S. The van der Waals surface area contributed by atoms with E-state index in [1.165, 1.54) is 23.0 Å². The molecule has 0 saturated carbocycles. The third-order valence-electron chi connectivity index (χ3n) is 4.06. The summed E-state index contributed by atoms with van der Waals surface area (Å²) in [7, 11) is 1.50. The lowest BCUT2D eigenvalue weighted by atomic mass is 10.2. The van der Waals surface area contributed by atoms with Crippen molar-refractivity contribution in [2.24, 2.45) is 0 Å². The maximum absolute atomic E-state index is 12.7. The number of carbonyl (C=O) groups excluding carboxylic acids is 1. The largest absolute Gasteiger partial charge is 0.383 e. The number of nitrogens with one attached hydrogen (secondary N) is 1. The van der Waals surface area contributed by atoms with Crippen LogP contribution >= 0.6 is 22.9 Å². The summed E-state index contributed by atoms with van der Waals surface area (Å²) in [5, 5.41) is 5.13. The lowest BCUT2D eigenvalue weighted by molar-refractivity contribution is -0.121. The van der Waals surface area contributed by atoms with Gasteiger partial charge in [0, 0.05) is 18.7 Å². The van der Waals surface area contributed by atoms with Crippen molar-refractivity contribution in [1.82, 2.24) is 14.5 Å². The third-order valence-corrected chi connectivity index (χ3v) is 5.20. The van der Waals surface area contributed by atoms with E-state index in [0.717, 1.165) is 10.1 Å². The molecule has 0 spiro atoms. The number of amides is 1. The number of carbonyl (C=O) groups is 1.